The van der Waals surface area contributed by atoms with Gasteiger partial charge in [0.1, 0.15) is 11.5 Å². The Morgan fingerprint density at radius 3 is 2.66 bits per heavy atom. The molecule has 4 fully saturated rings. The van der Waals surface area contributed by atoms with Crippen molar-refractivity contribution in [3.63, 3.8) is 0 Å². The Kier molecular flexibility index (Phi) is 3.95. The second-order valence-electron chi connectivity index (χ2n) is 10.4. The quantitative estimate of drug-likeness (QED) is 0.679. The molecule has 2 N–H and O–H groups in total. The first-order valence-electron chi connectivity index (χ1n) is 11.4. The largest absolute Gasteiger partial charge is 0.390 e. The van der Waals surface area contributed by atoms with E-state index in [1.807, 2.05) is 32.3 Å². The van der Waals surface area contributed by atoms with E-state index < -0.39 is 5.60 Å². The molecule has 7 nitrogen and oxygen atoms in total. The van der Waals surface area contributed by atoms with Crippen LogP contribution < -0.4 is 15.1 Å². The van der Waals surface area contributed by atoms with Gasteiger partial charge in [0, 0.05) is 12.7 Å². The van der Waals surface area contributed by atoms with E-state index in [-0.39, 0.29) is 5.54 Å². The third kappa shape index (κ3) is 2.75. The number of nitrogens with one attached hydrogen (secondary N) is 1. The summed E-state index contributed by atoms with van der Waals surface area (Å²) in [4.78, 5) is 17.4. The lowest BCUT2D eigenvalue weighted by atomic mass is 9.50. The van der Waals surface area contributed by atoms with Crippen molar-refractivity contribution in [3.05, 3.63) is 53.8 Å². The molecule has 2 atom stereocenters. The minimum absolute atomic E-state index is 0.131. The van der Waals surface area contributed by atoms with Crippen LogP contribution in [0, 0.1) is 25.3 Å². The van der Waals surface area contributed by atoms with Crippen molar-refractivity contribution in [3.8, 4) is 0 Å². The monoisotopic (exact) mass is 428 g/mol. The maximum absolute atomic E-state index is 11.3. The van der Waals surface area contributed by atoms with Gasteiger partial charge in [-0.1, -0.05) is 18.7 Å². The van der Waals surface area contributed by atoms with E-state index in [0.717, 1.165) is 60.7 Å². The molecule has 2 heterocycles. The Morgan fingerprint density at radius 2 is 2.00 bits per heavy atom. The summed E-state index contributed by atoms with van der Waals surface area (Å²) in [6, 6.07) is 5.56. The van der Waals surface area contributed by atoms with Crippen LogP contribution in [0.1, 0.15) is 44.1 Å². The zero-order valence-electron chi connectivity index (χ0n) is 18.6. The first-order valence-corrected chi connectivity index (χ1v) is 11.4. The number of benzene rings is 1. The molecule has 7 heteroatoms. The molecule has 4 bridgehead atoms. The Labute approximate surface area is 188 Å². The van der Waals surface area contributed by atoms with Gasteiger partial charge in [-0.05, 0) is 68.9 Å². The van der Waals surface area contributed by atoms with Gasteiger partial charge in [-0.15, -0.1) is 0 Å². The third-order valence-electron chi connectivity index (χ3n) is 8.03. The molecule has 164 valence electrons. The molecule has 1 aliphatic heterocycles. The molecular weight excluding hydrogens is 400 g/mol. The van der Waals surface area contributed by atoms with E-state index >= 15 is 0 Å². The van der Waals surface area contributed by atoms with Crippen molar-refractivity contribution < 1.29 is 5.11 Å². The van der Waals surface area contributed by atoms with E-state index in [1.54, 1.807) is 6.07 Å². The highest BCUT2D eigenvalue weighted by atomic mass is 16.3. The van der Waals surface area contributed by atoms with E-state index in [2.05, 4.69) is 31.5 Å². The van der Waals surface area contributed by atoms with Gasteiger partial charge in [0.2, 0.25) is 5.95 Å². The zero-order valence-corrected chi connectivity index (χ0v) is 18.6. The molecule has 4 saturated carbocycles. The summed E-state index contributed by atoms with van der Waals surface area (Å²) in [6.07, 6.45) is 7.92. The van der Waals surface area contributed by atoms with Gasteiger partial charge in [0.15, 0.2) is 11.5 Å². The number of aromatic nitrogens is 2. The number of hydrogen-bond acceptors (Lipinski definition) is 6. The Morgan fingerprint density at radius 1 is 1.25 bits per heavy atom. The average molecular weight is 429 g/mol. The van der Waals surface area contributed by atoms with Crippen molar-refractivity contribution in [2.24, 2.45) is 11.8 Å². The van der Waals surface area contributed by atoms with Gasteiger partial charge in [-0.2, -0.15) is 4.98 Å². The molecule has 2 aromatic rings. The van der Waals surface area contributed by atoms with E-state index in [0.29, 0.717) is 23.5 Å². The molecule has 7 rings (SSSR count). The highest BCUT2D eigenvalue weighted by Gasteiger charge is 2.61. The standard InChI is InChI=1S/C25H28N6O/c1-15-7-19(26-3)5-6-20(15)28-23-27-13-21-22(29-23)31(16(2)30(21)4)24-9-17-8-18(10-24)12-25(32,11-17)14-24/h5-7,13,17-18,32H,2,8-12,14H2,1,4H3,(H,27,28,29). The maximum atomic E-state index is 11.3. The van der Waals surface area contributed by atoms with Crippen LogP contribution in [0.2, 0.25) is 0 Å². The van der Waals surface area contributed by atoms with Crippen molar-refractivity contribution >= 4 is 28.8 Å². The smallest absolute Gasteiger partial charge is 0.229 e. The number of aliphatic hydroxyl groups is 1. The van der Waals surface area contributed by atoms with E-state index in [1.165, 1.54) is 6.42 Å². The van der Waals surface area contributed by atoms with Crippen LogP contribution in [0.5, 0.6) is 0 Å². The van der Waals surface area contributed by atoms with E-state index in [4.69, 9.17) is 11.6 Å². The number of rotatable bonds is 3. The predicted molar refractivity (Wildman–Crippen MR) is 125 cm³/mol. The SMILES string of the molecule is [C-]#[N+]c1ccc(Nc2ncc3c(n2)N(C24CC5CC(CC(O)(C5)C2)C4)C(=C)N3C)c(C)c1. The summed E-state index contributed by atoms with van der Waals surface area (Å²) >= 11 is 0. The van der Waals surface area contributed by atoms with Crippen LogP contribution in [-0.2, 0) is 0 Å². The summed E-state index contributed by atoms with van der Waals surface area (Å²) in [5.41, 5.74) is 2.74. The number of fused-ring (bicyclic) bond motifs is 1. The molecule has 2 unspecified atom stereocenters. The minimum Gasteiger partial charge on any atom is -0.390 e. The topological polar surface area (TPSA) is 68.9 Å². The van der Waals surface area contributed by atoms with Crippen LogP contribution in [0.15, 0.2) is 36.8 Å². The lowest BCUT2D eigenvalue weighted by molar-refractivity contribution is -0.133. The van der Waals surface area contributed by atoms with Gasteiger partial charge in [-0.3, -0.25) is 0 Å². The van der Waals surface area contributed by atoms with Crippen LogP contribution in [0.25, 0.3) is 4.85 Å². The molecule has 0 radical (unpaired) electrons. The molecule has 0 saturated heterocycles. The second kappa shape index (κ2) is 6.46. The lowest BCUT2D eigenvalue weighted by Crippen LogP contribution is -2.65. The Balaban J connectivity index is 1.38. The first-order chi connectivity index (χ1) is 15.3. The molecule has 1 aromatic carbocycles. The van der Waals surface area contributed by atoms with Crippen LogP contribution >= 0.6 is 0 Å². The van der Waals surface area contributed by atoms with Gasteiger partial charge in [0.25, 0.3) is 0 Å². The average Bonchev–Trinajstić information content (AvgIpc) is 2.98. The van der Waals surface area contributed by atoms with Crippen molar-refractivity contribution in [1.82, 2.24) is 9.97 Å². The van der Waals surface area contributed by atoms with Gasteiger partial charge in [-0.25, -0.2) is 9.83 Å². The minimum atomic E-state index is -0.554. The number of anilines is 4. The zero-order chi connectivity index (χ0) is 22.3. The Bertz CT molecular complexity index is 1170. The summed E-state index contributed by atoms with van der Waals surface area (Å²) < 4.78 is 0. The fourth-order valence-electron chi connectivity index (χ4n) is 7.14. The van der Waals surface area contributed by atoms with Crippen LogP contribution in [0.4, 0.5) is 28.8 Å². The maximum Gasteiger partial charge on any atom is 0.229 e. The molecule has 4 aliphatic carbocycles. The predicted octanol–water partition coefficient (Wildman–Crippen LogP) is 4.89. The number of aryl methyl sites for hydroxylation is 1. The molecular formula is C25H28N6O. The second-order valence-corrected chi connectivity index (χ2v) is 10.4. The fraction of sp³-hybridized carbons (Fsp3) is 0.480. The highest BCUT2D eigenvalue weighted by Crippen LogP contribution is 2.62. The molecule has 5 aliphatic rings. The summed E-state index contributed by atoms with van der Waals surface area (Å²) in [6.45, 7) is 13.6. The fourth-order valence-corrected chi connectivity index (χ4v) is 7.14. The number of nitrogens with zero attached hydrogens (tertiary/aromatic N) is 5. The van der Waals surface area contributed by atoms with Gasteiger partial charge < -0.3 is 20.2 Å². The van der Waals surface area contributed by atoms with Crippen LogP contribution in [-0.4, -0.2) is 33.3 Å². The normalized spacial score (nSPS) is 32.2. The summed E-state index contributed by atoms with van der Waals surface area (Å²) in [5, 5.41) is 14.7. The van der Waals surface area contributed by atoms with Crippen molar-refractivity contribution in [1.29, 1.82) is 0 Å². The number of hydrogen-bond donors (Lipinski definition) is 2. The summed E-state index contributed by atoms with van der Waals surface area (Å²) in [5.74, 6) is 3.46. The first kappa shape index (κ1) is 19.6. The molecule has 1 aromatic heterocycles. The molecule has 32 heavy (non-hydrogen) atoms. The molecule has 0 spiro atoms. The van der Waals surface area contributed by atoms with Gasteiger partial charge in [0.05, 0.1) is 23.9 Å². The van der Waals surface area contributed by atoms with Gasteiger partial charge >= 0.3 is 0 Å². The van der Waals surface area contributed by atoms with Crippen LogP contribution in [0.3, 0.4) is 0 Å². The molecule has 0 amide bonds. The Hall–Kier alpha value is -3.11. The van der Waals surface area contributed by atoms with Crippen molar-refractivity contribution in [2.45, 2.75) is 56.6 Å². The van der Waals surface area contributed by atoms with E-state index in [9.17, 15) is 5.11 Å². The lowest BCUT2D eigenvalue weighted by Gasteiger charge is -2.62. The van der Waals surface area contributed by atoms with Crippen molar-refractivity contribution in [2.75, 3.05) is 22.2 Å². The highest BCUT2D eigenvalue weighted by molar-refractivity contribution is 5.81. The summed E-state index contributed by atoms with van der Waals surface area (Å²) in [7, 11) is 2.01. The third-order valence-corrected chi connectivity index (χ3v) is 8.03.